The van der Waals surface area contributed by atoms with Crippen LogP contribution >= 0.6 is 0 Å². The predicted molar refractivity (Wildman–Crippen MR) is 245 cm³/mol. The van der Waals surface area contributed by atoms with Gasteiger partial charge in [0.1, 0.15) is 25.9 Å². The molecule has 0 saturated heterocycles. The molecule has 0 radical (unpaired) electrons. The highest BCUT2D eigenvalue weighted by Crippen LogP contribution is 2.41. The highest BCUT2D eigenvalue weighted by molar-refractivity contribution is 6.99. The predicted octanol–water partition coefficient (Wildman–Crippen LogP) is 11.7. The molecule has 0 N–H and O–H groups in total. The molecule has 0 spiro atoms. The fourth-order valence-corrected chi connectivity index (χ4v) is 12.2. The Hall–Kier alpha value is -5.63. The van der Waals surface area contributed by atoms with Crippen LogP contribution in [0.3, 0.4) is 0 Å². The number of hydrogen-bond donors (Lipinski definition) is 0. The molecule has 6 nitrogen and oxygen atoms in total. The van der Waals surface area contributed by atoms with Gasteiger partial charge in [-0.25, -0.2) is 4.79 Å². The Morgan fingerprint density at radius 3 is 1.42 bits per heavy atom. The summed E-state index contributed by atoms with van der Waals surface area (Å²) in [6.07, 6.45) is 3.07. The van der Waals surface area contributed by atoms with Crippen LogP contribution in [-0.2, 0) is 29.0 Å². The summed E-state index contributed by atoms with van der Waals surface area (Å²) in [5.41, 5.74) is 3.31. The highest BCUT2D eigenvalue weighted by atomic mass is 28.4. The summed E-state index contributed by atoms with van der Waals surface area (Å²) < 4.78 is 33.2. The molecule has 0 aromatic heterocycles. The Kier molecular flexibility index (Phi) is 15.8. The smallest absolute Gasteiger partial charge is 0.338 e. The second-order valence-corrected chi connectivity index (χ2v) is 20.8. The van der Waals surface area contributed by atoms with Crippen molar-refractivity contribution >= 4 is 24.7 Å². The molecule has 0 aliphatic heterocycles. The highest BCUT2D eigenvalue weighted by Gasteiger charge is 2.50. The van der Waals surface area contributed by atoms with Crippen molar-refractivity contribution in [1.29, 1.82) is 0 Å². The zero-order valence-electron chi connectivity index (χ0n) is 35.8. The molecular weight excluding hydrogens is 761 g/mol. The van der Waals surface area contributed by atoms with Gasteiger partial charge in [-0.1, -0.05) is 199 Å². The van der Waals surface area contributed by atoms with Crippen molar-refractivity contribution in [3.8, 4) is 17.2 Å². The van der Waals surface area contributed by atoms with Crippen LogP contribution in [0.1, 0.15) is 87.4 Å². The molecule has 2 atom stereocenters. The van der Waals surface area contributed by atoms with E-state index in [1.54, 1.807) is 12.1 Å². The number of carbonyl (C=O) groups excluding carboxylic acids is 1. The van der Waals surface area contributed by atoms with Crippen LogP contribution in [0, 0.1) is 5.92 Å². The van der Waals surface area contributed by atoms with Gasteiger partial charge in [0.25, 0.3) is 8.32 Å². The molecular formula is C53H60O6Si. The maximum atomic E-state index is 14.4. The van der Waals surface area contributed by atoms with Gasteiger partial charge in [-0.2, -0.15) is 0 Å². The van der Waals surface area contributed by atoms with Crippen LogP contribution in [-0.4, -0.2) is 27.0 Å². The summed E-state index contributed by atoms with van der Waals surface area (Å²) in [4.78, 5) is 14.4. The van der Waals surface area contributed by atoms with E-state index in [0.29, 0.717) is 36.0 Å². The molecule has 60 heavy (non-hydrogen) atoms. The van der Waals surface area contributed by atoms with Crippen LogP contribution in [0.2, 0.25) is 5.04 Å². The summed E-state index contributed by atoms with van der Waals surface area (Å²) in [5.74, 6) is 0.848. The summed E-state index contributed by atoms with van der Waals surface area (Å²) >= 11 is 0. The second-order valence-electron chi connectivity index (χ2n) is 16.5. The first-order chi connectivity index (χ1) is 29.2. The van der Waals surface area contributed by atoms with Crippen LogP contribution in [0.25, 0.3) is 0 Å². The van der Waals surface area contributed by atoms with E-state index in [1.807, 2.05) is 91.0 Å². The van der Waals surface area contributed by atoms with Gasteiger partial charge in [0, 0.05) is 6.61 Å². The molecule has 0 saturated carbocycles. The van der Waals surface area contributed by atoms with E-state index in [4.69, 9.17) is 23.4 Å². The minimum atomic E-state index is -2.72. The Morgan fingerprint density at radius 2 is 1.00 bits per heavy atom. The summed E-state index contributed by atoms with van der Waals surface area (Å²) in [7, 11) is -2.72. The maximum Gasteiger partial charge on any atom is 0.338 e. The molecule has 0 aliphatic carbocycles. The number of esters is 1. The van der Waals surface area contributed by atoms with Gasteiger partial charge in [0.2, 0.25) is 5.75 Å². The first kappa shape index (κ1) is 43.9. The number of ether oxygens (including phenoxy) is 4. The quantitative estimate of drug-likeness (QED) is 0.0532. The Bertz CT molecular complexity index is 2070. The molecule has 0 unspecified atom stereocenters. The largest absolute Gasteiger partial charge is 0.485 e. The van der Waals surface area contributed by atoms with Crippen molar-refractivity contribution < 1.29 is 28.2 Å². The monoisotopic (exact) mass is 820 g/mol. The average molecular weight is 821 g/mol. The van der Waals surface area contributed by atoms with E-state index in [0.717, 1.165) is 42.4 Å². The number of unbranched alkanes of at least 4 members (excludes halogenated alkanes) is 1. The molecule has 7 heteroatoms. The van der Waals surface area contributed by atoms with Crippen LogP contribution in [0.15, 0.2) is 164 Å². The molecule has 6 aromatic rings. The Morgan fingerprint density at radius 1 is 0.583 bits per heavy atom. The zero-order valence-corrected chi connectivity index (χ0v) is 36.8. The third-order valence-electron chi connectivity index (χ3n) is 11.0. The van der Waals surface area contributed by atoms with Gasteiger partial charge in [-0.05, 0) is 63.0 Å². The van der Waals surface area contributed by atoms with Gasteiger partial charge in [0.05, 0.1) is 5.56 Å². The van der Waals surface area contributed by atoms with E-state index in [2.05, 4.69) is 95.3 Å². The molecule has 312 valence electrons. The zero-order chi connectivity index (χ0) is 42.2. The molecule has 0 bridgehead atoms. The van der Waals surface area contributed by atoms with Crippen molar-refractivity contribution in [2.75, 3.05) is 6.61 Å². The first-order valence-corrected chi connectivity index (χ1v) is 23.2. The summed E-state index contributed by atoms with van der Waals surface area (Å²) in [6.45, 7) is 12.6. The number of carbonyl (C=O) groups is 1. The minimum Gasteiger partial charge on any atom is -0.485 e. The second kappa shape index (κ2) is 21.6. The van der Waals surface area contributed by atoms with E-state index < -0.39 is 14.3 Å². The van der Waals surface area contributed by atoms with Gasteiger partial charge < -0.3 is 23.4 Å². The van der Waals surface area contributed by atoms with E-state index in [9.17, 15) is 4.79 Å². The number of benzene rings is 6. The topological polar surface area (TPSA) is 63.2 Å². The molecule has 6 aromatic carbocycles. The summed E-state index contributed by atoms with van der Waals surface area (Å²) in [5, 5.41) is 2.36. The van der Waals surface area contributed by atoms with Gasteiger partial charge in [-0.3, -0.25) is 0 Å². The fraction of sp³-hybridized carbons (Fsp3) is 0.302. The van der Waals surface area contributed by atoms with Gasteiger partial charge in [-0.15, -0.1) is 0 Å². The summed E-state index contributed by atoms with van der Waals surface area (Å²) in [6, 6.07) is 54.7. The normalized spacial score (nSPS) is 12.6. The van der Waals surface area contributed by atoms with Crippen LogP contribution in [0.5, 0.6) is 17.2 Å². The van der Waals surface area contributed by atoms with Crippen molar-refractivity contribution in [2.45, 2.75) is 91.3 Å². The van der Waals surface area contributed by atoms with Crippen molar-refractivity contribution in [3.05, 3.63) is 186 Å². The lowest BCUT2D eigenvalue weighted by molar-refractivity contribution is 0.00955. The SMILES string of the molecule is CCCC[C@H](OC(=O)c1cc(OCc2ccccc2)c(OCc2ccccc2)c(OCc2ccccc2)c1)[C@@H](C)CCO[Si](c1ccccc1)(c1ccccc1)C(C)(C)C. The Labute approximate surface area is 358 Å². The standard InChI is InChI=1S/C53H60O6Si/c1-6-7-33-48(41(2)34-35-58-60(53(3,4)5,46-29-19-11-20-30-46)47-31-21-12-22-32-47)59-52(54)45-36-49(55-38-42-23-13-8-14-24-42)51(57-40-44-27-17-10-18-28-44)50(37-45)56-39-43-25-15-9-16-26-43/h8-32,36-37,41,48H,6-7,33-35,38-40H2,1-5H3/t41-,48-/m0/s1. The van der Waals surface area contributed by atoms with E-state index >= 15 is 0 Å². The first-order valence-electron chi connectivity index (χ1n) is 21.3. The van der Waals surface area contributed by atoms with Crippen molar-refractivity contribution in [3.63, 3.8) is 0 Å². The fourth-order valence-electron chi connectivity index (χ4n) is 7.67. The minimum absolute atomic E-state index is 0.0368. The number of rotatable bonds is 21. The molecule has 0 heterocycles. The van der Waals surface area contributed by atoms with E-state index in [-0.39, 0.29) is 30.3 Å². The van der Waals surface area contributed by atoms with Crippen molar-refractivity contribution in [1.82, 2.24) is 0 Å². The molecule has 0 aliphatic rings. The molecule has 6 rings (SSSR count). The third-order valence-corrected chi connectivity index (χ3v) is 16.0. The molecule has 0 fully saturated rings. The lowest BCUT2D eigenvalue weighted by Crippen LogP contribution is -2.66. The molecule has 0 amide bonds. The number of hydrogen-bond acceptors (Lipinski definition) is 6. The van der Waals surface area contributed by atoms with Crippen molar-refractivity contribution in [2.24, 2.45) is 5.92 Å². The maximum absolute atomic E-state index is 14.4. The lowest BCUT2D eigenvalue weighted by atomic mass is 9.96. The van der Waals surface area contributed by atoms with Crippen LogP contribution < -0.4 is 24.6 Å². The van der Waals surface area contributed by atoms with E-state index in [1.165, 1.54) is 10.4 Å². The van der Waals surface area contributed by atoms with Gasteiger partial charge >= 0.3 is 5.97 Å². The van der Waals surface area contributed by atoms with Crippen LogP contribution in [0.4, 0.5) is 0 Å². The lowest BCUT2D eigenvalue weighted by Gasteiger charge is -2.43. The third kappa shape index (κ3) is 11.6. The van der Waals surface area contributed by atoms with Gasteiger partial charge in [0.15, 0.2) is 11.5 Å². The average Bonchev–Trinajstić information content (AvgIpc) is 3.28. The Balaban J connectivity index is 1.27.